The fraction of sp³-hybridized carbons (Fsp3) is 0.290. The SMILES string of the molecule is CCOc1cc(C2/C(=C(/O)c3cccc(OC(C)C)c3)C(=O)C(=O)N2c2cc(C)cc(C)c2)ccc1OC. The Bertz CT molecular complexity index is 1390. The summed E-state index contributed by atoms with van der Waals surface area (Å²) in [5.74, 6) is -0.209. The van der Waals surface area contributed by atoms with Crippen LogP contribution in [0.4, 0.5) is 5.69 Å². The van der Waals surface area contributed by atoms with Crippen molar-refractivity contribution in [2.45, 2.75) is 46.8 Å². The number of anilines is 1. The van der Waals surface area contributed by atoms with E-state index in [-0.39, 0.29) is 17.4 Å². The molecule has 198 valence electrons. The minimum Gasteiger partial charge on any atom is -0.507 e. The fourth-order valence-corrected chi connectivity index (χ4v) is 4.78. The van der Waals surface area contributed by atoms with Crippen LogP contribution in [0.25, 0.3) is 5.76 Å². The number of methoxy groups -OCH3 is 1. The van der Waals surface area contributed by atoms with Crippen LogP contribution in [0.15, 0.2) is 66.2 Å². The van der Waals surface area contributed by atoms with Crippen LogP contribution in [0.3, 0.4) is 0 Å². The number of aryl methyl sites for hydroxylation is 2. The number of rotatable bonds is 8. The normalized spacial score (nSPS) is 16.7. The van der Waals surface area contributed by atoms with Gasteiger partial charge in [0.15, 0.2) is 11.5 Å². The monoisotopic (exact) mass is 515 g/mol. The molecule has 1 unspecified atom stereocenters. The van der Waals surface area contributed by atoms with Crippen molar-refractivity contribution < 1.29 is 28.9 Å². The number of benzene rings is 3. The predicted molar refractivity (Wildman–Crippen MR) is 147 cm³/mol. The van der Waals surface area contributed by atoms with E-state index >= 15 is 0 Å². The molecule has 3 aromatic carbocycles. The zero-order valence-electron chi connectivity index (χ0n) is 22.6. The van der Waals surface area contributed by atoms with Crippen molar-refractivity contribution in [3.63, 3.8) is 0 Å². The van der Waals surface area contributed by atoms with Crippen LogP contribution in [-0.2, 0) is 9.59 Å². The van der Waals surface area contributed by atoms with Gasteiger partial charge in [-0.15, -0.1) is 0 Å². The van der Waals surface area contributed by atoms with Gasteiger partial charge in [-0.25, -0.2) is 0 Å². The molecule has 0 spiro atoms. The Morgan fingerprint density at radius 2 is 1.68 bits per heavy atom. The Labute approximate surface area is 223 Å². The molecule has 3 aromatic rings. The maximum Gasteiger partial charge on any atom is 0.300 e. The van der Waals surface area contributed by atoms with Crippen LogP contribution in [0.5, 0.6) is 17.2 Å². The van der Waals surface area contributed by atoms with Crippen LogP contribution in [0.2, 0.25) is 0 Å². The van der Waals surface area contributed by atoms with E-state index in [1.807, 2.05) is 52.8 Å². The second-order valence-electron chi connectivity index (χ2n) is 9.55. The number of nitrogens with zero attached hydrogens (tertiary/aromatic N) is 1. The lowest BCUT2D eigenvalue weighted by atomic mass is 9.94. The number of carbonyl (C=O) groups excluding carboxylic acids is 2. The summed E-state index contributed by atoms with van der Waals surface area (Å²) in [6.07, 6.45) is -0.0705. The van der Waals surface area contributed by atoms with E-state index in [4.69, 9.17) is 14.2 Å². The first-order chi connectivity index (χ1) is 18.1. The summed E-state index contributed by atoms with van der Waals surface area (Å²) in [7, 11) is 1.55. The molecule has 0 radical (unpaired) electrons. The minimum atomic E-state index is -0.893. The lowest BCUT2D eigenvalue weighted by molar-refractivity contribution is -0.132. The van der Waals surface area contributed by atoms with E-state index in [1.54, 1.807) is 49.6 Å². The molecule has 1 aliphatic heterocycles. The van der Waals surface area contributed by atoms with Gasteiger partial charge >= 0.3 is 0 Å². The highest BCUT2D eigenvalue weighted by molar-refractivity contribution is 6.51. The zero-order valence-corrected chi connectivity index (χ0v) is 22.6. The Hall–Kier alpha value is -4.26. The van der Waals surface area contributed by atoms with Crippen LogP contribution in [0, 0.1) is 13.8 Å². The second-order valence-corrected chi connectivity index (χ2v) is 9.55. The Morgan fingerprint density at radius 3 is 2.32 bits per heavy atom. The molecule has 1 fully saturated rings. The summed E-state index contributed by atoms with van der Waals surface area (Å²) in [5, 5.41) is 11.5. The number of hydrogen-bond donors (Lipinski definition) is 1. The summed E-state index contributed by atoms with van der Waals surface area (Å²) in [5.41, 5.74) is 3.43. The first kappa shape index (κ1) is 26.8. The first-order valence-corrected chi connectivity index (χ1v) is 12.6. The standard InChI is InChI=1S/C31H33NO6/c1-7-37-26-17-21(11-12-25(26)36-6)28-27(29(33)22-9-8-10-24(16-22)38-18(2)3)30(34)31(35)32(28)23-14-19(4)13-20(5)15-23/h8-18,28,33H,7H2,1-6H3/b29-27-. The second kappa shape index (κ2) is 11.0. The molecular formula is C31H33NO6. The number of hydrogen-bond acceptors (Lipinski definition) is 6. The van der Waals surface area contributed by atoms with Crippen LogP contribution in [0.1, 0.15) is 49.1 Å². The average Bonchev–Trinajstić information content (AvgIpc) is 3.13. The third-order valence-electron chi connectivity index (χ3n) is 6.21. The van der Waals surface area contributed by atoms with E-state index in [9.17, 15) is 14.7 Å². The summed E-state index contributed by atoms with van der Waals surface area (Å²) >= 11 is 0. The summed E-state index contributed by atoms with van der Waals surface area (Å²) in [6.45, 7) is 9.94. The number of ether oxygens (including phenoxy) is 3. The number of aliphatic hydroxyl groups excluding tert-OH is 1. The van der Waals surface area contributed by atoms with Gasteiger partial charge in [0, 0.05) is 11.3 Å². The van der Waals surface area contributed by atoms with Gasteiger partial charge in [-0.05, 0) is 87.7 Å². The van der Waals surface area contributed by atoms with Gasteiger partial charge in [0.2, 0.25) is 0 Å². The largest absolute Gasteiger partial charge is 0.507 e. The molecular weight excluding hydrogens is 482 g/mol. The van der Waals surface area contributed by atoms with Crippen LogP contribution >= 0.6 is 0 Å². The molecule has 7 heteroatoms. The van der Waals surface area contributed by atoms with E-state index in [2.05, 4.69) is 0 Å². The van der Waals surface area contributed by atoms with Gasteiger partial charge in [0.25, 0.3) is 11.7 Å². The van der Waals surface area contributed by atoms with Crippen molar-refractivity contribution in [2.75, 3.05) is 18.6 Å². The smallest absolute Gasteiger partial charge is 0.300 e. The summed E-state index contributed by atoms with van der Waals surface area (Å²) < 4.78 is 17.0. The highest BCUT2D eigenvalue weighted by Gasteiger charge is 2.47. The zero-order chi connectivity index (χ0) is 27.6. The maximum absolute atomic E-state index is 13.6. The van der Waals surface area contributed by atoms with Crippen molar-refractivity contribution in [1.29, 1.82) is 0 Å². The fourth-order valence-electron chi connectivity index (χ4n) is 4.78. The Balaban J connectivity index is 1.96. The van der Waals surface area contributed by atoms with Crippen LogP contribution < -0.4 is 19.1 Å². The van der Waals surface area contributed by atoms with E-state index < -0.39 is 17.7 Å². The molecule has 7 nitrogen and oxygen atoms in total. The molecule has 1 amide bonds. The Kier molecular flexibility index (Phi) is 7.76. The topological polar surface area (TPSA) is 85.3 Å². The van der Waals surface area contributed by atoms with E-state index in [0.29, 0.717) is 40.7 Å². The molecule has 1 atom stereocenters. The van der Waals surface area contributed by atoms with Crippen molar-refractivity contribution >= 4 is 23.1 Å². The molecule has 4 rings (SSSR count). The minimum absolute atomic E-state index is 0.0107. The number of aliphatic hydroxyl groups is 1. The van der Waals surface area contributed by atoms with E-state index in [0.717, 1.165) is 11.1 Å². The van der Waals surface area contributed by atoms with Crippen molar-refractivity contribution in [1.82, 2.24) is 0 Å². The molecule has 0 aromatic heterocycles. The van der Waals surface area contributed by atoms with Crippen LogP contribution in [-0.4, -0.2) is 36.6 Å². The lowest BCUT2D eigenvalue weighted by Gasteiger charge is -2.27. The van der Waals surface area contributed by atoms with Gasteiger partial charge in [0.05, 0.1) is 31.4 Å². The molecule has 1 saturated heterocycles. The summed E-state index contributed by atoms with van der Waals surface area (Å²) in [4.78, 5) is 28.6. The highest BCUT2D eigenvalue weighted by Crippen LogP contribution is 2.44. The third kappa shape index (κ3) is 5.23. The number of amides is 1. The van der Waals surface area contributed by atoms with Gasteiger partial charge in [-0.3, -0.25) is 14.5 Å². The van der Waals surface area contributed by atoms with E-state index in [1.165, 1.54) is 4.90 Å². The van der Waals surface area contributed by atoms with Gasteiger partial charge < -0.3 is 19.3 Å². The molecule has 0 saturated carbocycles. The number of carbonyl (C=O) groups is 2. The molecule has 0 aliphatic carbocycles. The van der Waals surface area contributed by atoms with Gasteiger partial charge in [-0.1, -0.05) is 24.3 Å². The lowest BCUT2D eigenvalue weighted by Crippen LogP contribution is -2.29. The van der Waals surface area contributed by atoms with Crippen molar-refractivity contribution in [3.8, 4) is 17.2 Å². The quantitative estimate of drug-likeness (QED) is 0.221. The molecule has 1 heterocycles. The average molecular weight is 516 g/mol. The van der Waals surface area contributed by atoms with Crippen molar-refractivity contribution in [2.24, 2.45) is 0 Å². The molecule has 0 bridgehead atoms. The first-order valence-electron chi connectivity index (χ1n) is 12.6. The van der Waals surface area contributed by atoms with Gasteiger partial charge in [-0.2, -0.15) is 0 Å². The summed E-state index contributed by atoms with van der Waals surface area (Å²) in [6, 6.07) is 16.9. The number of ketones is 1. The Morgan fingerprint density at radius 1 is 0.974 bits per heavy atom. The van der Waals surface area contributed by atoms with Crippen molar-refractivity contribution in [3.05, 3.63) is 88.5 Å². The number of Topliss-reactive ketones (excluding diaryl/α,β-unsaturated/α-hetero) is 1. The molecule has 1 aliphatic rings. The molecule has 38 heavy (non-hydrogen) atoms. The highest BCUT2D eigenvalue weighted by atomic mass is 16.5. The maximum atomic E-state index is 13.6. The molecule has 1 N–H and O–H groups in total. The van der Waals surface area contributed by atoms with Gasteiger partial charge in [0.1, 0.15) is 11.5 Å². The predicted octanol–water partition coefficient (Wildman–Crippen LogP) is 6.12. The third-order valence-corrected chi connectivity index (χ3v) is 6.21.